The predicted molar refractivity (Wildman–Crippen MR) is 98.7 cm³/mol. The molecule has 0 saturated heterocycles. The predicted octanol–water partition coefficient (Wildman–Crippen LogP) is 3.17. The Bertz CT molecular complexity index is 813. The molecule has 0 fully saturated rings. The van der Waals surface area contributed by atoms with Crippen LogP contribution in [-0.2, 0) is 4.74 Å². The lowest BCUT2D eigenvalue weighted by Gasteiger charge is -2.12. The highest BCUT2D eigenvalue weighted by atomic mass is 32.2. The number of esters is 1. The van der Waals surface area contributed by atoms with Crippen LogP contribution in [-0.4, -0.2) is 36.8 Å². The Morgan fingerprint density at radius 2 is 1.83 bits per heavy atom. The third kappa shape index (κ3) is 3.49. The monoisotopic (exact) mass is 339 g/mol. The van der Waals surface area contributed by atoms with Gasteiger partial charge in [-0.3, -0.25) is 0 Å². The fourth-order valence-electron chi connectivity index (χ4n) is 2.36. The van der Waals surface area contributed by atoms with E-state index >= 15 is 0 Å². The van der Waals surface area contributed by atoms with Crippen molar-refractivity contribution in [3.05, 3.63) is 59.7 Å². The molecular formula is C18H17N3O2S. The summed E-state index contributed by atoms with van der Waals surface area (Å²) < 4.78 is 4.77. The van der Waals surface area contributed by atoms with E-state index in [-0.39, 0.29) is 5.97 Å². The molecule has 0 spiro atoms. The zero-order valence-electron chi connectivity index (χ0n) is 13.4. The number of hydrogen-bond acceptors (Lipinski definition) is 6. The van der Waals surface area contributed by atoms with Crippen LogP contribution in [0.25, 0.3) is 11.1 Å². The van der Waals surface area contributed by atoms with Crippen molar-refractivity contribution in [1.82, 2.24) is 5.32 Å². The minimum absolute atomic E-state index is 0.333. The van der Waals surface area contributed by atoms with Crippen LogP contribution < -0.4 is 5.32 Å². The first-order valence-corrected chi connectivity index (χ1v) is 8.44. The molecule has 0 radical (unpaired) electrons. The molecule has 0 bridgehead atoms. The van der Waals surface area contributed by atoms with Crippen LogP contribution in [0.2, 0.25) is 0 Å². The number of thioether (sulfide) groups is 1. The topological polar surface area (TPSA) is 63.0 Å². The second-order valence-corrected chi connectivity index (χ2v) is 6.10. The number of hydrogen-bond donors (Lipinski definition) is 1. The highest BCUT2D eigenvalue weighted by Gasteiger charge is 2.12. The lowest BCUT2D eigenvalue weighted by molar-refractivity contribution is 0.0601. The van der Waals surface area contributed by atoms with Gasteiger partial charge in [-0.05, 0) is 28.8 Å². The molecule has 3 rings (SSSR count). The molecular weight excluding hydrogens is 322 g/mol. The molecule has 5 nitrogen and oxygen atoms in total. The number of benzene rings is 2. The third-order valence-electron chi connectivity index (χ3n) is 3.66. The minimum Gasteiger partial charge on any atom is -0.465 e. The van der Waals surface area contributed by atoms with Crippen molar-refractivity contribution >= 4 is 28.6 Å². The van der Waals surface area contributed by atoms with Crippen molar-refractivity contribution in [2.75, 3.05) is 19.9 Å². The summed E-state index contributed by atoms with van der Waals surface area (Å²) >= 11 is 1.63. The first-order chi connectivity index (χ1) is 11.7. The summed E-state index contributed by atoms with van der Waals surface area (Å²) in [6, 6.07) is 15.5. The van der Waals surface area contributed by atoms with Gasteiger partial charge < -0.3 is 10.1 Å². The van der Waals surface area contributed by atoms with E-state index in [2.05, 4.69) is 15.5 Å². The molecule has 2 aromatic carbocycles. The highest BCUT2D eigenvalue weighted by Crippen LogP contribution is 2.23. The van der Waals surface area contributed by atoms with E-state index in [9.17, 15) is 4.79 Å². The summed E-state index contributed by atoms with van der Waals surface area (Å²) in [5.74, 6) is 0.455. The second-order valence-electron chi connectivity index (χ2n) is 5.14. The number of nitrogens with one attached hydrogen (secondary N) is 1. The zero-order valence-corrected chi connectivity index (χ0v) is 14.3. The van der Waals surface area contributed by atoms with Crippen molar-refractivity contribution in [3.8, 4) is 11.1 Å². The van der Waals surface area contributed by atoms with Gasteiger partial charge in [-0.1, -0.05) is 48.2 Å². The van der Waals surface area contributed by atoms with Gasteiger partial charge in [0.1, 0.15) is 0 Å². The lowest BCUT2D eigenvalue weighted by atomic mass is 10.0. The molecule has 0 aromatic heterocycles. The minimum atomic E-state index is -0.333. The van der Waals surface area contributed by atoms with Gasteiger partial charge in [-0.2, -0.15) is 5.10 Å². The molecule has 1 aliphatic rings. The molecule has 2 aromatic rings. The van der Waals surface area contributed by atoms with E-state index in [4.69, 9.17) is 4.74 Å². The number of amidine groups is 1. The lowest BCUT2D eigenvalue weighted by Crippen LogP contribution is -2.20. The van der Waals surface area contributed by atoms with Gasteiger partial charge in [0.15, 0.2) is 5.17 Å². The van der Waals surface area contributed by atoms with Crippen LogP contribution in [0, 0.1) is 0 Å². The number of ether oxygens (including phenoxy) is 1. The average molecular weight is 339 g/mol. The summed E-state index contributed by atoms with van der Waals surface area (Å²) in [7, 11) is 3.22. The smallest absolute Gasteiger partial charge is 0.337 e. The molecule has 0 unspecified atom stereocenters. The van der Waals surface area contributed by atoms with E-state index in [1.165, 1.54) is 7.11 Å². The van der Waals surface area contributed by atoms with E-state index in [0.29, 0.717) is 5.56 Å². The standard InChI is InChI=1S/C18H17N3O2S/c1-19-18-21-20-16(11-24-18)13-8-6-12(7-9-13)14-4-3-5-15(10-14)17(22)23-2/h3-10H,11H2,1-2H3,(H,19,21). The number of carbonyl (C=O) groups excluding carboxylic acids is 1. The van der Waals surface area contributed by atoms with Gasteiger partial charge in [0, 0.05) is 12.8 Å². The molecule has 1 N–H and O–H groups in total. The molecule has 6 heteroatoms. The number of nitrogens with zero attached hydrogens (tertiary/aromatic N) is 2. The van der Waals surface area contributed by atoms with Gasteiger partial charge in [0.05, 0.1) is 18.4 Å². The first kappa shape index (κ1) is 16.3. The summed E-state index contributed by atoms with van der Waals surface area (Å²) in [6.07, 6.45) is 0. The molecule has 1 aliphatic heterocycles. The van der Waals surface area contributed by atoms with Gasteiger partial charge in [0.25, 0.3) is 0 Å². The van der Waals surface area contributed by atoms with Crippen LogP contribution >= 0.6 is 11.8 Å². The van der Waals surface area contributed by atoms with Crippen molar-refractivity contribution in [2.45, 2.75) is 0 Å². The number of carbonyl (C=O) groups is 1. The molecule has 0 aliphatic carbocycles. The molecule has 0 atom stereocenters. The van der Waals surface area contributed by atoms with Crippen LogP contribution in [0.15, 0.2) is 58.7 Å². The number of methoxy groups -OCH3 is 1. The maximum Gasteiger partial charge on any atom is 0.337 e. The summed E-state index contributed by atoms with van der Waals surface area (Å²) in [5.41, 5.74) is 4.55. The van der Waals surface area contributed by atoms with E-state index in [1.54, 1.807) is 17.8 Å². The highest BCUT2D eigenvalue weighted by molar-refractivity contribution is 8.14. The third-order valence-corrected chi connectivity index (χ3v) is 4.63. The molecule has 0 saturated carbocycles. The van der Waals surface area contributed by atoms with Gasteiger partial charge >= 0.3 is 5.97 Å². The van der Waals surface area contributed by atoms with Crippen LogP contribution in [0.4, 0.5) is 0 Å². The van der Waals surface area contributed by atoms with E-state index < -0.39 is 0 Å². The number of rotatable bonds is 3. The first-order valence-electron chi connectivity index (χ1n) is 7.45. The van der Waals surface area contributed by atoms with Crippen LogP contribution in [0.3, 0.4) is 0 Å². The largest absolute Gasteiger partial charge is 0.465 e. The molecule has 0 amide bonds. The Hall–Kier alpha value is -2.60. The molecule has 1 heterocycles. The Kier molecular flexibility index (Phi) is 4.96. The maximum atomic E-state index is 11.7. The van der Waals surface area contributed by atoms with E-state index in [1.807, 2.05) is 49.5 Å². The Balaban J connectivity index is 1.84. The maximum absolute atomic E-state index is 11.7. The zero-order chi connectivity index (χ0) is 16.9. The van der Waals surface area contributed by atoms with Crippen molar-refractivity contribution < 1.29 is 9.53 Å². The molecule has 24 heavy (non-hydrogen) atoms. The van der Waals surface area contributed by atoms with Crippen molar-refractivity contribution in [3.63, 3.8) is 0 Å². The van der Waals surface area contributed by atoms with E-state index in [0.717, 1.165) is 33.3 Å². The van der Waals surface area contributed by atoms with Crippen molar-refractivity contribution in [2.24, 2.45) is 10.2 Å². The summed E-state index contributed by atoms with van der Waals surface area (Å²) in [6.45, 7) is 0. The Labute approximate surface area is 144 Å². The second kappa shape index (κ2) is 7.31. The van der Waals surface area contributed by atoms with Crippen molar-refractivity contribution in [1.29, 1.82) is 0 Å². The quantitative estimate of drug-likeness (QED) is 0.873. The Morgan fingerprint density at radius 1 is 1.08 bits per heavy atom. The van der Waals surface area contributed by atoms with Gasteiger partial charge in [0.2, 0.25) is 0 Å². The SMILES string of the molecule is CNC1=NN=C(c2ccc(-c3cccc(C(=O)OC)c3)cc2)CS1. The van der Waals surface area contributed by atoms with Gasteiger partial charge in [-0.25, -0.2) is 4.79 Å². The fraction of sp³-hybridized carbons (Fsp3) is 0.167. The Morgan fingerprint density at radius 3 is 2.46 bits per heavy atom. The fourth-order valence-corrected chi connectivity index (χ4v) is 3.10. The summed E-state index contributed by atoms with van der Waals surface area (Å²) in [4.78, 5) is 11.7. The van der Waals surface area contributed by atoms with Crippen LogP contribution in [0.5, 0.6) is 0 Å². The van der Waals surface area contributed by atoms with Crippen LogP contribution in [0.1, 0.15) is 15.9 Å². The summed E-state index contributed by atoms with van der Waals surface area (Å²) in [5, 5.41) is 12.2. The van der Waals surface area contributed by atoms with Gasteiger partial charge in [-0.15, -0.1) is 5.10 Å². The average Bonchev–Trinajstić information content (AvgIpc) is 2.67. The molecule has 122 valence electrons. The normalized spacial score (nSPS) is 13.8.